The molecular weight excluding hydrogens is 725 g/mol. The maximum absolute atomic E-state index is 12.7. The molecule has 0 heterocycles. The molecule has 1 unspecified atom stereocenters. The second kappa shape index (κ2) is 38.5. The number of carbonyl (C=O) groups excluding carboxylic acids is 2. The molecule has 0 N–H and O–H groups in total. The van der Waals surface area contributed by atoms with Crippen molar-refractivity contribution in [1.82, 2.24) is 0 Å². The Bertz CT molecular complexity index is 1100. The molecule has 0 aliphatic heterocycles. The summed E-state index contributed by atoms with van der Waals surface area (Å²) in [5.74, 6) is -0.882. The van der Waals surface area contributed by atoms with Crippen LogP contribution in [0.15, 0.2) is 48.6 Å². The summed E-state index contributed by atoms with van der Waals surface area (Å²) in [6, 6.07) is 0. The van der Waals surface area contributed by atoms with Gasteiger partial charge in [0.15, 0.2) is 6.10 Å². The summed E-state index contributed by atoms with van der Waals surface area (Å²) in [7, 11) is 1.14. The van der Waals surface area contributed by atoms with E-state index >= 15 is 0 Å². The number of allylic oxidation sites excluding steroid dienone is 8. The minimum Gasteiger partial charge on any atom is -0.756 e. The molecule has 0 saturated carbocycles. The molecule has 0 fully saturated rings. The number of hydrogen-bond donors (Lipinski definition) is 0. The summed E-state index contributed by atoms with van der Waals surface area (Å²) in [6.07, 6.45) is 44.2. The summed E-state index contributed by atoms with van der Waals surface area (Å²) in [6.45, 7) is 4.14. The van der Waals surface area contributed by atoms with Crippen molar-refractivity contribution in [1.29, 1.82) is 0 Å². The topological polar surface area (TPSA) is 111 Å². The summed E-state index contributed by atoms with van der Waals surface area (Å²) < 4.78 is 33.9. The standard InChI is InChI=1S/C46H84NO8P/c1-6-8-10-12-14-16-18-20-22-23-25-27-29-31-33-35-37-39-46(49)55-44(43-54-56(50,51)53-41-40-47(3,4)5)42-52-45(48)38-36-34-32-30-28-26-24-21-19-17-15-13-11-9-7-2/h15-18,21,24,28,30,44H,6-14,19-20,22-23,25-27,29,31-43H2,1-5H3/b17-15+,18-16+,24-21+,30-28+/t44-/m1/s1. The Labute approximate surface area is 343 Å². The van der Waals surface area contributed by atoms with Gasteiger partial charge in [-0.3, -0.25) is 14.2 Å². The lowest BCUT2D eigenvalue weighted by Gasteiger charge is -2.28. The maximum atomic E-state index is 12.7. The van der Waals surface area contributed by atoms with Crippen molar-refractivity contribution in [3.05, 3.63) is 48.6 Å². The van der Waals surface area contributed by atoms with Crippen molar-refractivity contribution in [2.24, 2.45) is 0 Å². The van der Waals surface area contributed by atoms with Gasteiger partial charge in [-0.25, -0.2) is 0 Å². The monoisotopic (exact) mass is 810 g/mol. The summed E-state index contributed by atoms with van der Waals surface area (Å²) in [4.78, 5) is 37.5. The van der Waals surface area contributed by atoms with Crippen LogP contribution in [0.4, 0.5) is 0 Å². The lowest BCUT2D eigenvalue weighted by atomic mass is 10.1. The molecule has 9 nitrogen and oxygen atoms in total. The van der Waals surface area contributed by atoms with Crippen molar-refractivity contribution in [3.8, 4) is 0 Å². The summed E-state index contributed by atoms with van der Waals surface area (Å²) in [5.41, 5.74) is 0. The summed E-state index contributed by atoms with van der Waals surface area (Å²) in [5, 5.41) is 0. The first kappa shape index (κ1) is 54.0. The number of hydrogen-bond acceptors (Lipinski definition) is 8. The van der Waals surface area contributed by atoms with Crippen LogP contribution in [0.3, 0.4) is 0 Å². The van der Waals surface area contributed by atoms with E-state index in [1.807, 2.05) is 21.1 Å². The van der Waals surface area contributed by atoms with Crippen LogP contribution in [-0.2, 0) is 32.7 Å². The van der Waals surface area contributed by atoms with E-state index < -0.39 is 32.5 Å². The van der Waals surface area contributed by atoms with Gasteiger partial charge in [-0.15, -0.1) is 0 Å². The zero-order valence-corrected chi connectivity index (χ0v) is 37.5. The number of quaternary nitrogens is 1. The van der Waals surface area contributed by atoms with Crippen molar-refractivity contribution >= 4 is 19.8 Å². The number of ether oxygens (including phenoxy) is 2. The molecule has 0 aliphatic rings. The Hall–Kier alpha value is -2.03. The Morgan fingerprint density at radius 2 is 0.964 bits per heavy atom. The number of esters is 2. The van der Waals surface area contributed by atoms with Gasteiger partial charge in [0.2, 0.25) is 0 Å². The van der Waals surface area contributed by atoms with E-state index in [-0.39, 0.29) is 26.1 Å². The Balaban J connectivity index is 4.41. The van der Waals surface area contributed by atoms with Gasteiger partial charge in [-0.2, -0.15) is 0 Å². The molecule has 56 heavy (non-hydrogen) atoms. The molecule has 0 saturated heterocycles. The molecule has 0 aromatic carbocycles. The summed E-state index contributed by atoms with van der Waals surface area (Å²) >= 11 is 0. The van der Waals surface area contributed by atoms with Crippen LogP contribution >= 0.6 is 7.82 Å². The van der Waals surface area contributed by atoms with Crippen LogP contribution in [0.5, 0.6) is 0 Å². The van der Waals surface area contributed by atoms with Gasteiger partial charge >= 0.3 is 11.9 Å². The number of nitrogens with zero attached hydrogens (tertiary/aromatic N) is 1. The van der Waals surface area contributed by atoms with Crippen molar-refractivity contribution in [2.45, 2.75) is 187 Å². The highest BCUT2D eigenvalue weighted by atomic mass is 31.2. The zero-order chi connectivity index (χ0) is 41.4. The van der Waals surface area contributed by atoms with Gasteiger partial charge in [0.1, 0.15) is 19.8 Å². The maximum Gasteiger partial charge on any atom is 0.306 e. The fourth-order valence-electron chi connectivity index (χ4n) is 5.77. The van der Waals surface area contributed by atoms with E-state index in [1.165, 1.54) is 89.9 Å². The van der Waals surface area contributed by atoms with Crippen molar-refractivity contribution in [2.75, 3.05) is 47.5 Å². The molecule has 0 amide bonds. The van der Waals surface area contributed by atoms with Gasteiger partial charge in [-0.05, 0) is 77.0 Å². The first-order valence-corrected chi connectivity index (χ1v) is 23.8. The molecule has 0 radical (unpaired) electrons. The molecule has 0 bridgehead atoms. The second-order valence-corrected chi connectivity index (χ2v) is 17.5. The lowest BCUT2D eigenvalue weighted by Crippen LogP contribution is -2.37. The number of phosphoric ester groups is 1. The third kappa shape index (κ3) is 41.6. The molecule has 0 spiro atoms. The molecular formula is C46H84NO8P. The Morgan fingerprint density at radius 3 is 1.52 bits per heavy atom. The number of carbonyl (C=O) groups is 2. The van der Waals surface area contributed by atoms with E-state index in [4.69, 9.17) is 18.5 Å². The second-order valence-electron chi connectivity index (χ2n) is 16.1. The predicted molar refractivity (Wildman–Crippen MR) is 231 cm³/mol. The van der Waals surface area contributed by atoms with E-state index in [1.54, 1.807) is 0 Å². The minimum atomic E-state index is -4.63. The normalized spacial score (nSPS) is 14.0. The van der Waals surface area contributed by atoms with Gasteiger partial charge in [0.05, 0.1) is 27.7 Å². The Morgan fingerprint density at radius 1 is 0.554 bits per heavy atom. The number of likely N-dealkylation sites (N-methyl/N-ethyl adjacent to an activating group) is 1. The minimum absolute atomic E-state index is 0.0383. The largest absolute Gasteiger partial charge is 0.756 e. The molecule has 0 aromatic rings. The van der Waals surface area contributed by atoms with Crippen LogP contribution in [0.1, 0.15) is 181 Å². The molecule has 2 atom stereocenters. The molecule has 0 aliphatic carbocycles. The van der Waals surface area contributed by atoms with Crippen LogP contribution in [0.25, 0.3) is 0 Å². The zero-order valence-electron chi connectivity index (χ0n) is 36.6. The third-order valence-corrected chi connectivity index (χ3v) is 10.3. The fraction of sp³-hybridized carbons (Fsp3) is 0.783. The van der Waals surface area contributed by atoms with E-state index in [0.29, 0.717) is 23.9 Å². The van der Waals surface area contributed by atoms with Gasteiger partial charge in [0, 0.05) is 12.8 Å². The van der Waals surface area contributed by atoms with Crippen molar-refractivity contribution < 1.29 is 42.1 Å². The number of phosphoric acid groups is 1. The van der Waals surface area contributed by atoms with Crippen molar-refractivity contribution in [3.63, 3.8) is 0 Å². The highest BCUT2D eigenvalue weighted by Crippen LogP contribution is 2.38. The molecule has 0 aromatic heterocycles. The number of rotatable bonds is 40. The lowest BCUT2D eigenvalue weighted by molar-refractivity contribution is -0.870. The van der Waals surface area contributed by atoms with Crippen LogP contribution in [0, 0.1) is 0 Å². The average Bonchev–Trinajstić information content (AvgIpc) is 3.15. The smallest absolute Gasteiger partial charge is 0.306 e. The molecule has 326 valence electrons. The highest BCUT2D eigenvalue weighted by Gasteiger charge is 2.21. The van der Waals surface area contributed by atoms with Crippen LogP contribution < -0.4 is 4.89 Å². The fourth-order valence-corrected chi connectivity index (χ4v) is 6.50. The quantitative estimate of drug-likeness (QED) is 0.0198. The first-order chi connectivity index (χ1) is 27.0. The van der Waals surface area contributed by atoms with Gasteiger partial charge < -0.3 is 27.9 Å². The van der Waals surface area contributed by atoms with E-state index in [9.17, 15) is 19.0 Å². The molecule has 10 heteroatoms. The Kier molecular flexibility index (Phi) is 37.1. The van der Waals surface area contributed by atoms with Gasteiger partial charge in [-0.1, -0.05) is 140 Å². The SMILES string of the molecule is CCCCC/C=C/C/C=C/C/C=C/CCCCC(=O)OC[C@H](COP(=O)([O-])OCC[N+](C)(C)C)OC(=O)CCCCCCCCCCC/C=C/CCCCCC. The average molecular weight is 810 g/mol. The van der Waals surface area contributed by atoms with Crippen LogP contribution in [0.2, 0.25) is 0 Å². The first-order valence-electron chi connectivity index (χ1n) is 22.3. The predicted octanol–water partition coefficient (Wildman–Crippen LogP) is 12.1. The van der Waals surface area contributed by atoms with Gasteiger partial charge in [0.25, 0.3) is 7.82 Å². The van der Waals surface area contributed by atoms with E-state index in [0.717, 1.165) is 51.4 Å². The molecule has 0 rings (SSSR count). The number of unbranched alkanes of at least 4 members (excludes halogenated alkanes) is 18. The van der Waals surface area contributed by atoms with E-state index in [2.05, 4.69) is 62.5 Å². The van der Waals surface area contributed by atoms with Crippen LogP contribution in [-0.4, -0.2) is 70.0 Å². The highest BCUT2D eigenvalue weighted by molar-refractivity contribution is 7.45. The third-order valence-electron chi connectivity index (χ3n) is 9.32.